The number of terminal acetylenes is 1. The number of hydrogen-bond donors (Lipinski definition) is 0. The standard InChI is InChI=1S/C20H20INO6S/c1-5-7-27-18-14(21)8-13(9-15(18)26-4)10-16-19(24)22(20(25)29-16)11-17(23)28-12(3)6-2/h1,8-10,12H,6-7,11H2,2-4H3/b16-10+/t12-/m1/s1. The van der Waals surface area contributed by atoms with E-state index >= 15 is 0 Å². The van der Waals surface area contributed by atoms with Crippen LogP contribution in [0.25, 0.3) is 6.08 Å². The van der Waals surface area contributed by atoms with Crippen LogP contribution < -0.4 is 9.47 Å². The lowest BCUT2D eigenvalue weighted by molar-refractivity contribution is -0.150. The fourth-order valence-electron chi connectivity index (χ4n) is 2.34. The molecule has 0 radical (unpaired) electrons. The number of imide groups is 1. The molecule has 154 valence electrons. The zero-order valence-electron chi connectivity index (χ0n) is 16.2. The highest BCUT2D eigenvalue weighted by Crippen LogP contribution is 2.37. The largest absolute Gasteiger partial charge is 0.493 e. The molecule has 9 heteroatoms. The molecule has 0 bridgehead atoms. The van der Waals surface area contributed by atoms with Crippen molar-refractivity contribution in [3.05, 3.63) is 26.2 Å². The molecule has 0 N–H and O–H groups in total. The number of carbonyl (C=O) groups excluding carboxylic acids is 3. The quantitative estimate of drug-likeness (QED) is 0.220. The number of amides is 2. The van der Waals surface area contributed by atoms with E-state index in [1.54, 1.807) is 25.1 Å². The Morgan fingerprint density at radius 2 is 2.14 bits per heavy atom. The number of methoxy groups -OCH3 is 1. The summed E-state index contributed by atoms with van der Waals surface area (Å²) in [6.07, 6.45) is 7.17. The van der Waals surface area contributed by atoms with E-state index in [2.05, 4.69) is 28.5 Å². The zero-order valence-corrected chi connectivity index (χ0v) is 19.2. The second kappa shape index (κ2) is 10.5. The Labute approximate surface area is 187 Å². The fourth-order valence-corrected chi connectivity index (χ4v) is 3.96. The summed E-state index contributed by atoms with van der Waals surface area (Å²) in [5.74, 6) is 2.19. The normalized spacial score (nSPS) is 16.0. The van der Waals surface area contributed by atoms with Crippen LogP contribution in [0.2, 0.25) is 0 Å². The van der Waals surface area contributed by atoms with E-state index in [9.17, 15) is 14.4 Å². The van der Waals surface area contributed by atoms with Gasteiger partial charge in [0, 0.05) is 0 Å². The lowest BCUT2D eigenvalue weighted by Gasteiger charge is -2.15. The second-order valence-corrected chi connectivity index (χ2v) is 8.16. The van der Waals surface area contributed by atoms with Gasteiger partial charge in [-0.05, 0) is 71.5 Å². The molecule has 0 unspecified atom stereocenters. The first-order valence-electron chi connectivity index (χ1n) is 8.69. The Balaban J connectivity index is 2.21. The van der Waals surface area contributed by atoms with Crippen molar-refractivity contribution < 1.29 is 28.6 Å². The van der Waals surface area contributed by atoms with Crippen molar-refractivity contribution in [2.24, 2.45) is 0 Å². The average Bonchev–Trinajstić information content (AvgIpc) is 2.93. The first-order valence-corrected chi connectivity index (χ1v) is 10.6. The minimum absolute atomic E-state index is 0.0946. The molecule has 0 saturated carbocycles. The number of carbonyl (C=O) groups is 3. The molecule has 0 spiro atoms. The molecule has 2 amide bonds. The molecule has 7 nitrogen and oxygen atoms in total. The van der Waals surface area contributed by atoms with Crippen molar-refractivity contribution in [3.8, 4) is 23.8 Å². The average molecular weight is 529 g/mol. The summed E-state index contributed by atoms with van der Waals surface area (Å²) in [5.41, 5.74) is 0.645. The Morgan fingerprint density at radius 3 is 2.76 bits per heavy atom. The zero-order chi connectivity index (χ0) is 21.6. The van der Waals surface area contributed by atoms with Crippen molar-refractivity contribution in [3.63, 3.8) is 0 Å². The fraction of sp³-hybridized carbons (Fsp3) is 0.350. The molecule has 2 rings (SSSR count). The Morgan fingerprint density at radius 1 is 1.41 bits per heavy atom. The summed E-state index contributed by atoms with van der Waals surface area (Å²) in [6.45, 7) is 3.31. The number of hydrogen-bond acceptors (Lipinski definition) is 7. The molecule has 0 aromatic heterocycles. The maximum absolute atomic E-state index is 12.6. The third-order valence-electron chi connectivity index (χ3n) is 3.92. The first kappa shape index (κ1) is 23.1. The lowest BCUT2D eigenvalue weighted by atomic mass is 10.2. The van der Waals surface area contributed by atoms with Gasteiger partial charge < -0.3 is 14.2 Å². The van der Waals surface area contributed by atoms with Crippen LogP contribution >= 0.6 is 34.4 Å². The van der Waals surface area contributed by atoms with Crippen molar-refractivity contribution >= 4 is 57.5 Å². The van der Waals surface area contributed by atoms with Crippen LogP contribution in [0.4, 0.5) is 4.79 Å². The van der Waals surface area contributed by atoms with Gasteiger partial charge in [0.05, 0.1) is 21.7 Å². The van der Waals surface area contributed by atoms with Gasteiger partial charge in [-0.15, -0.1) is 6.42 Å². The molecule has 1 aliphatic rings. The predicted molar refractivity (Wildman–Crippen MR) is 119 cm³/mol. The van der Waals surface area contributed by atoms with Gasteiger partial charge in [-0.3, -0.25) is 19.3 Å². The van der Waals surface area contributed by atoms with Gasteiger partial charge in [0.15, 0.2) is 11.5 Å². The molecule has 1 saturated heterocycles. The summed E-state index contributed by atoms with van der Waals surface area (Å²) in [5, 5.41) is -0.516. The molecule has 0 aliphatic carbocycles. The van der Waals surface area contributed by atoms with E-state index in [0.717, 1.165) is 20.2 Å². The molecular weight excluding hydrogens is 509 g/mol. The maximum atomic E-state index is 12.6. The number of ether oxygens (including phenoxy) is 3. The summed E-state index contributed by atoms with van der Waals surface area (Å²) < 4.78 is 16.7. The van der Waals surface area contributed by atoms with Gasteiger partial charge in [-0.2, -0.15) is 0 Å². The van der Waals surface area contributed by atoms with E-state index in [4.69, 9.17) is 20.6 Å². The minimum Gasteiger partial charge on any atom is -0.493 e. The van der Waals surface area contributed by atoms with E-state index in [0.29, 0.717) is 23.5 Å². The van der Waals surface area contributed by atoms with Crippen molar-refractivity contribution in [1.82, 2.24) is 4.90 Å². The molecular formula is C20H20INO6S. The Kier molecular flexibility index (Phi) is 8.40. The number of esters is 1. The summed E-state index contributed by atoms with van der Waals surface area (Å²) in [7, 11) is 1.49. The van der Waals surface area contributed by atoms with Gasteiger partial charge in [0.2, 0.25) is 0 Å². The molecule has 29 heavy (non-hydrogen) atoms. The van der Waals surface area contributed by atoms with Gasteiger partial charge in [-0.25, -0.2) is 0 Å². The van der Waals surface area contributed by atoms with Crippen LogP contribution in [0.5, 0.6) is 11.5 Å². The molecule has 1 atom stereocenters. The lowest BCUT2D eigenvalue weighted by Crippen LogP contribution is -2.35. The number of benzene rings is 1. The molecule has 1 aromatic rings. The van der Waals surface area contributed by atoms with Gasteiger partial charge >= 0.3 is 5.97 Å². The second-order valence-electron chi connectivity index (χ2n) is 6.00. The molecule has 1 aromatic carbocycles. The summed E-state index contributed by atoms with van der Waals surface area (Å²) >= 11 is 2.84. The first-order chi connectivity index (χ1) is 13.8. The third kappa shape index (κ3) is 5.90. The highest BCUT2D eigenvalue weighted by Gasteiger charge is 2.37. The molecule has 1 aliphatic heterocycles. The van der Waals surface area contributed by atoms with Crippen LogP contribution in [0, 0.1) is 15.9 Å². The highest BCUT2D eigenvalue weighted by molar-refractivity contribution is 14.1. The van der Waals surface area contributed by atoms with E-state index in [1.165, 1.54) is 7.11 Å². The van der Waals surface area contributed by atoms with Crippen LogP contribution in [-0.4, -0.2) is 48.4 Å². The van der Waals surface area contributed by atoms with E-state index < -0.39 is 23.7 Å². The van der Waals surface area contributed by atoms with E-state index in [1.807, 2.05) is 6.92 Å². The number of rotatable bonds is 8. The monoisotopic (exact) mass is 529 g/mol. The van der Waals surface area contributed by atoms with Crippen LogP contribution in [0.1, 0.15) is 25.8 Å². The number of halogens is 1. The topological polar surface area (TPSA) is 82.1 Å². The summed E-state index contributed by atoms with van der Waals surface area (Å²) in [4.78, 5) is 37.8. The highest BCUT2D eigenvalue weighted by atomic mass is 127. The molecule has 1 fully saturated rings. The van der Waals surface area contributed by atoms with Gasteiger partial charge in [-0.1, -0.05) is 12.8 Å². The Bertz CT molecular complexity index is 892. The summed E-state index contributed by atoms with van der Waals surface area (Å²) in [6, 6.07) is 3.46. The number of nitrogens with zero attached hydrogens (tertiary/aromatic N) is 1. The van der Waals surface area contributed by atoms with Crippen molar-refractivity contribution in [1.29, 1.82) is 0 Å². The minimum atomic E-state index is -0.617. The SMILES string of the molecule is C#CCOc1c(I)cc(/C=C2/SC(=O)N(CC(=O)O[C@H](C)CC)C2=O)cc1OC. The third-order valence-corrected chi connectivity index (χ3v) is 5.63. The van der Waals surface area contributed by atoms with Gasteiger partial charge in [0.25, 0.3) is 11.1 Å². The predicted octanol–water partition coefficient (Wildman–Crippen LogP) is 3.69. The van der Waals surface area contributed by atoms with Gasteiger partial charge in [0.1, 0.15) is 13.2 Å². The van der Waals surface area contributed by atoms with Crippen LogP contribution in [0.3, 0.4) is 0 Å². The molecule has 1 heterocycles. The van der Waals surface area contributed by atoms with E-state index in [-0.39, 0.29) is 17.6 Å². The van der Waals surface area contributed by atoms with Crippen LogP contribution in [-0.2, 0) is 14.3 Å². The Hall–Kier alpha value is -2.19. The van der Waals surface area contributed by atoms with Crippen molar-refractivity contribution in [2.45, 2.75) is 26.4 Å². The smallest absolute Gasteiger partial charge is 0.326 e. The number of thioether (sulfide) groups is 1. The maximum Gasteiger partial charge on any atom is 0.326 e. The van der Waals surface area contributed by atoms with Crippen LogP contribution in [0.15, 0.2) is 17.0 Å². The van der Waals surface area contributed by atoms with Crippen molar-refractivity contribution in [2.75, 3.05) is 20.3 Å².